The molecule has 2 amide bonds. The average Bonchev–Trinajstić information content (AvgIpc) is 2.85. The summed E-state index contributed by atoms with van der Waals surface area (Å²) in [6.45, 7) is 8.19. The van der Waals surface area contributed by atoms with Gasteiger partial charge < -0.3 is 10.2 Å². The second kappa shape index (κ2) is 8.67. The minimum atomic E-state index is -3.32. The van der Waals surface area contributed by atoms with Gasteiger partial charge in [0, 0.05) is 45.2 Å². The molecule has 2 N–H and O–H groups in total. The predicted octanol–water partition coefficient (Wildman–Crippen LogP) is -0.238. The fourth-order valence-electron chi connectivity index (χ4n) is 4.07. The van der Waals surface area contributed by atoms with Crippen LogP contribution in [0.2, 0.25) is 0 Å². The van der Waals surface area contributed by atoms with Crippen LogP contribution in [0, 0.1) is 5.92 Å². The maximum atomic E-state index is 13.0. The predicted molar refractivity (Wildman–Crippen MR) is 100 cm³/mol. The highest BCUT2D eigenvalue weighted by atomic mass is 32.2. The molecule has 0 aromatic carbocycles. The summed E-state index contributed by atoms with van der Waals surface area (Å²) in [5, 5.41) is 2.78. The van der Waals surface area contributed by atoms with E-state index in [2.05, 4.69) is 28.8 Å². The molecule has 150 valence electrons. The Labute approximate surface area is 156 Å². The Morgan fingerprint density at radius 2 is 1.88 bits per heavy atom. The normalized spacial score (nSPS) is 27.5. The van der Waals surface area contributed by atoms with Gasteiger partial charge in [-0.2, -0.15) is 0 Å². The van der Waals surface area contributed by atoms with Crippen molar-refractivity contribution in [3.8, 4) is 0 Å². The molecule has 8 nitrogen and oxygen atoms in total. The van der Waals surface area contributed by atoms with Gasteiger partial charge in [0.05, 0.1) is 6.26 Å². The zero-order valence-corrected chi connectivity index (χ0v) is 17.0. The molecule has 2 fully saturated rings. The summed E-state index contributed by atoms with van der Waals surface area (Å²) in [6.07, 6.45) is 3.87. The summed E-state index contributed by atoms with van der Waals surface area (Å²) in [5.74, 6) is 0.199. The zero-order chi connectivity index (χ0) is 19.5. The van der Waals surface area contributed by atoms with Crippen molar-refractivity contribution >= 4 is 21.8 Å². The van der Waals surface area contributed by atoms with Crippen molar-refractivity contribution < 1.29 is 18.0 Å². The van der Waals surface area contributed by atoms with E-state index in [1.54, 1.807) is 4.90 Å². The monoisotopic (exact) mass is 388 g/mol. The molecule has 2 aliphatic heterocycles. The molecule has 0 aliphatic carbocycles. The van der Waals surface area contributed by atoms with Gasteiger partial charge in [0.25, 0.3) is 0 Å². The summed E-state index contributed by atoms with van der Waals surface area (Å²) in [6, 6.07) is -0.885. The Morgan fingerprint density at radius 3 is 2.42 bits per heavy atom. The van der Waals surface area contributed by atoms with Gasteiger partial charge in [-0.15, -0.1) is 0 Å². The van der Waals surface area contributed by atoms with Gasteiger partial charge in [-0.05, 0) is 12.3 Å². The lowest BCUT2D eigenvalue weighted by Crippen LogP contribution is -2.51. The summed E-state index contributed by atoms with van der Waals surface area (Å²) < 4.78 is 25.7. The molecular formula is C17H32N4O4S. The third kappa shape index (κ3) is 5.65. The molecule has 2 rings (SSSR count). The van der Waals surface area contributed by atoms with Crippen LogP contribution in [-0.2, 0) is 19.6 Å². The molecule has 0 aromatic heterocycles. The Kier molecular flexibility index (Phi) is 7.04. The Morgan fingerprint density at radius 1 is 1.23 bits per heavy atom. The van der Waals surface area contributed by atoms with E-state index in [1.165, 1.54) is 6.92 Å². The highest BCUT2D eigenvalue weighted by Crippen LogP contribution is 2.24. The van der Waals surface area contributed by atoms with E-state index in [9.17, 15) is 18.0 Å². The molecule has 0 spiro atoms. The highest BCUT2D eigenvalue weighted by molar-refractivity contribution is 7.88. The fraction of sp³-hybridized carbons (Fsp3) is 0.882. The van der Waals surface area contributed by atoms with E-state index in [-0.39, 0.29) is 23.9 Å². The van der Waals surface area contributed by atoms with Gasteiger partial charge in [-0.1, -0.05) is 26.7 Å². The lowest BCUT2D eigenvalue weighted by atomic mass is 10.0. The average molecular weight is 389 g/mol. The number of rotatable bonds is 7. The van der Waals surface area contributed by atoms with E-state index in [1.807, 2.05) is 0 Å². The highest BCUT2D eigenvalue weighted by Gasteiger charge is 2.43. The summed E-state index contributed by atoms with van der Waals surface area (Å²) in [4.78, 5) is 28.5. The number of hydrogen-bond acceptors (Lipinski definition) is 5. The van der Waals surface area contributed by atoms with Gasteiger partial charge in [0.2, 0.25) is 21.8 Å². The number of carbonyl (C=O) groups is 2. The molecule has 0 bridgehead atoms. The van der Waals surface area contributed by atoms with Crippen LogP contribution >= 0.6 is 0 Å². The number of hydrogen-bond donors (Lipinski definition) is 2. The third-order valence-electron chi connectivity index (χ3n) is 5.33. The standard InChI is InChI=1S/C17H32N4O4S/c1-5-13(6-2)8-20-10-15-7-14(19-26(4,24)25)9-21(15)17(23)16(11-20)18-12(3)22/h13-16,19H,5-11H2,1-4H3,(H,18,22)/t14-,15-,16-/m0/s1. The Hall–Kier alpha value is -1.19. The van der Waals surface area contributed by atoms with E-state index in [4.69, 9.17) is 0 Å². The van der Waals surface area contributed by atoms with Crippen LogP contribution in [0.3, 0.4) is 0 Å². The molecule has 0 aromatic rings. The van der Waals surface area contributed by atoms with Crippen molar-refractivity contribution in [1.82, 2.24) is 19.8 Å². The number of nitrogens with one attached hydrogen (secondary N) is 2. The molecule has 2 saturated heterocycles. The molecule has 9 heteroatoms. The minimum absolute atomic E-state index is 0.0325. The van der Waals surface area contributed by atoms with Crippen LogP contribution in [0.1, 0.15) is 40.0 Å². The summed E-state index contributed by atoms with van der Waals surface area (Å²) in [5.41, 5.74) is 0. The van der Waals surface area contributed by atoms with Crippen molar-refractivity contribution in [1.29, 1.82) is 0 Å². The van der Waals surface area contributed by atoms with Crippen LogP contribution in [0.5, 0.6) is 0 Å². The van der Waals surface area contributed by atoms with E-state index in [0.717, 1.165) is 25.6 Å². The van der Waals surface area contributed by atoms with Crippen LogP contribution < -0.4 is 10.0 Å². The van der Waals surface area contributed by atoms with Gasteiger partial charge >= 0.3 is 0 Å². The molecular weight excluding hydrogens is 356 g/mol. The number of sulfonamides is 1. The topological polar surface area (TPSA) is 98.8 Å². The van der Waals surface area contributed by atoms with Crippen molar-refractivity contribution in [2.45, 2.75) is 58.2 Å². The lowest BCUT2D eigenvalue weighted by molar-refractivity contribution is -0.135. The molecule has 2 heterocycles. The molecule has 2 aliphatic rings. The number of fused-ring (bicyclic) bond motifs is 1. The largest absolute Gasteiger partial charge is 0.343 e. The summed E-state index contributed by atoms with van der Waals surface area (Å²) in [7, 11) is -3.32. The first-order valence-corrected chi connectivity index (χ1v) is 11.3. The first-order valence-electron chi connectivity index (χ1n) is 9.40. The van der Waals surface area contributed by atoms with Crippen LogP contribution in [0.4, 0.5) is 0 Å². The van der Waals surface area contributed by atoms with Gasteiger partial charge in [0.15, 0.2) is 0 Å². The Bertz CT molecular complexity index is 620. The zero-order valence-electron chi connectivity index (χ0n) is 16.2. The Balaban J connectivity index is 2.18. The number of carbonyl (C=O) groups excluding carboxylic acids is 2. The van der Waals surface area contributed by atoms with Crippen LogP contribution in [0.15, 0.2) is 0 Å². The molecule has 0 unspecified atom stereocenters. The number of nitrogens with zero attached hydrogens (tertiary/aromatic N) is 2. The van der Waals surface area contributed by atoms with E-state index < -0.39 is 16.1 Å². The minimum Gasteiger partial charge on any atom is -0.343 e. The van der Waals surface area contributed by atoms with Crippen molar-refractivity contribution in [2.24, 2.45) is 5.92 Å². The second-order valence-electron chi connectivity index (χ2n) is 7.62. The molecule has 26 heavy (non-hydrogen) atoms. The van der Waals surface area contributed by atoms with Crippen molar-refractivity contribution in [3.63, 3.8) is 0 Å². The quantitative estimate of drug-likeness (QED) is 0.627. The molecule has 3 atom stereocenters. The fourth-order valence-corrected chi connectivity index (χ4v) is 4.85. The molecule has 0 radical (unpaired) electrons. The van der Waals surface area contributed by atoms with Gasteiger partial charge in [0.1, 0.15) is 6.04 Å². The van der Waals surface area contributed by atoms with E-state index in [0.29, 0.717) is 32.0 Å². The third-order valence-corrected chi connectivity index (χ3v) is 6.10. The van der Waals surface area contributed by atoms with Crippen LogP contribution in [0.25, 0.3) is 0 Å². The number of amides is 2. The van der Waals surface area contributed by atoms with Gasteiger partial charge in [-0.25, -0.2) is 13.1 Å². The van der Waals surface area contributed by atoms with Crippen molar-refractivity contribution in [3.05, 3.63) is 0 Å². The van der Waals surface area contributed by atoms with E-state index >= 15 is 0 Å². The smallest absolute Gasteiger partial charge is 0.246 e. The maximum Gasteiger partial charge on any atom is 0.246 e. The summed E-state index contributed by atoms with van der Waals surface area (Å²) >= 11 is 0. The second-order valence-corrected chi connectivity index (χ2v) is 9.40. The SMILES string of the molecule is CCC(CC)CN1C[C@@H]2C[C@H](NS(C)(=O)=O)CN2C(=O)[C@@H](NC(C)=O)C1. The first-order chi connectivity index (χ1) is 12.1. The first kappa shape index (κ1) is 21.1. The van der Waals surface area contributed by atoms with Crippen molar-refractivity contribution in [2.75, 3.05) is 32.4 Å². The van der Waals surface area contributed by atoms with Crippen LogP contribution in [-0.4, -0.2) is 80.6 Å². The maximum absolute atomic E-state index is 13.0. The molecule has 0 saturated carbocycles. The lowest BCUT2D eigenvalue weighted by Gasteiger charge is -2.28. The van der Waals surface area contributed by atoms with Gasteiger partial charge in [-0.3, -0.25) is 14.5 Å².